The number of carbonyl (C=O) groups is 6. The van der Waals surface area contributed by atoms with Crippen molar-refractivity contribution in [2.24, 2.45) is 11.8 Å². The highest BCUT2D eigenvalue weighted by Gasteiger charge is 2.51. The number of rotatable bonds is 30. The van der Waals surface area contributed by atoms with Crippen molar-refractivity contribution in [3.63, 3.8) is 0 Å². The van der Waals surface area contributed by atoms with Crippen molar-refractivity contribution in [2.45, 2.75) is 195 Å². The van der Waals surface area contributed by atoms with Gasteiger partial charge in [0.1, 0.15) is 58.1 Å². The van der Waals surface area contributed by atoms with Gasteiger partial charge in [0.05, 0.1) is 22.3 Å². The van der Waals surface area contributed by atoms with Crippen LogP contribution < -0.4 is 28.4 Å². The number of pyridine rings is 2. The molecule has 2 saturated carbocycles. The molecule has 4 amide bonds. The second-order valence-electron chi connectivity index (χ2n) is 34.3. The van der Waals surface area contributed by atoms with Gasteiger partial charge in [0, 0.05) is 122 Å². The van der Waals surface area contributed by atoms with E-state index in [2.05, 4.69) is 89.6 Å². The molecule has 2 atom stereocenters. The fraction of sp³-hybridized carbons (Fsp3) is 0.388. The molecule has 0 N–H and O–H groups in total. The Bertz CT molecular complexity index is 5320. The number of amides is 4. The lowest BCUT2D eigenvalue weighted by Gasteiger charge is -2.39. The largest absolute Gasteiger partial charge is 0.504 e. The van der Waals surface area contributed by atoms with E-state index in [1.165, 1.54) is 55.1 Å². The fourth-order valence-electron chi connectivity index (χ4n) is 18.3. The van der Waals surface area contributed by atoms with Gasteiger partial charge < -0.3 is 55.0 Å². The minimum Gasteiger partial charge on any atom is -0.456 e. The average molecular weight is 1690 g/mol. The highest BCUT2D eigenvalue weighted by molar-refractivity contribution is 6.60. The molecule has 24 heteroatoms. The van der Waals surface area contributed by atoms with Crippen LogP contribution in [-0.2, 0) is 48.2 Å². The number of fused-ring (bicyclic) bond motifs is 2. The van der Waals surface area contributed by atoms with Crippen molar-refractivity contribution < 1.29 is 83.7 Å². The van der Waals surface area contributed by atoms with Crippen LogP contribution in [0.25, 0.3) is 43.1 Å². The molecule has 15 rings (SSSR count). The minimum atomic E-state index is -3.24. The predicted octanol–water partition coefficient (Wildman–Crippen LogP) is 21.6. The van der Waals surface area contributed by atoms with E-state index in [1.54, 1.807) is 48.5 Å². The third-order valence-corrected chi connectivity index (χ3v) is 30.7. The highest BCUT2D eigenvalue weighted by atomic mass is 28.4. The molecule has 0 radical (unpaired) electrons. The summed E-state index contributed by atoms with van der Waals surface area (Å²) in [4.78, 5) is 111. The fourth-order valence-corrected chi connectivity index (χ4v) is 21.6. The zero-order valence-corrected chi connectivity index (χ0v) is 74.9. The number of ether oxygens (including phenoxy) is 6. The SMILES string of the molecule is CO[Si](Cc1ccnc(OC(=O)C(C2CCCCC2)N2C(=O)c3cc(Oc4ccc(C(C)C)cc4C)c4c5c(Oc6ccc(C(C)C)cc6C)cc6c7c(cc(Oc8ccc(C(C)C)cc8C)c(c8c(Oc9ccc(C(C)C)cc9C)cc(c3c48)C2=O)c75)C(=O)N(C(C(=O)Oc2cc(C[Si](OC)(OC)OC)ccn2)C2CCCCC2)C6=O)c1)(OC)OC. The van der Waals surface area contributed by atoms with Crippen molar-refractivity contribution in [1.82, 2.24) is 19.8 Å². The van der Waals surface area contributed by atoms with Crippen LogP contribution in [0.1, 0.15) is 240 Å². The van der Waals surface area contributed by atoms with Crippen LogP contribution in [0.2, 0.25) is 0 Å². The van der Waals surface area contributed by atoms with Gasteiger partial charge in [-0.1, -0.05) is 142 Å². The van der Waals surface area contributed by atoms with E-state index in [-0.39, 0.29) is 114 Å². The summed E-state index contributed by atoms with van der Waals surface area (Å²) >= 11 is 0. The van der Waals surface area contributed by atoms with Gasteiger partial charge in [0.2, 0.25) is 11.8 Å². The first-order chi connectivity index (χ1) is 58.5. The van der Waals surface area contributed by atoms with Gasteiger partial charge in [0.15, 0.2) is 0 Å². The number of aromatic nitrogens is 2. The lowest BCUT2D eigenvalue weighted by molar-refractivity contribution is -0.142. The van der Waals surface area contributed by atoms with Crippen LogP contribution in [0.15, 0.2) is 134 Å². The maximum Gasteiger partial charge on any atom is 0.504 e. The molecule has 4 aliphatic rings. The first-order valence-corrected chi connectivity index (χ1v) is 46.3. The van der Waals surface area contributed by atoms with E-state index >= 15 is 28.8 Å². The second-order valence-corrected chi connectivity index (χ2v) is 40.1. The molecule has 636 valence electrons. The van der Waals surface area contributed by atoms with Crippen LogP contribution in [-0.4, -0.2) is 128 Å². The molecule has 11 aromatic rings. The number of aryl methyl sites for hydroxylation is 4. The number of carbonyl (C=O) groups excluding carboxylic acids is 6. The molecule has 22 nitrogen and oxygen atoms in total. The third-order valence-electron chi connectivity index (χ3n) is 25.3. The van der Waals surface area contributed by atoms with Crippen molar-refractivity contribution in [3.8, 4) is 57.8 Å². The Morgan fingerprint density at radius 3 is 0.844 bits per heavy atom. The zero-order valence-electron chi connectivity index (χ0n) is 72.9. The number of hydrogen-bond donors (Lipinski definition) is 0. The Morgan fingerprint density at radius 1 is 0.344 bits per heavy atom. The molecule has 2 unspecified atom stereocenters. The quantitative estimate of drug-likeness (QED) is 0.0133. The number of nitrogens with zero attached hydrogens (tertiary/aromatic N) is 4. The van der Waals surface area contributed by atoms with Gasteiger partial charge >= 0.3 is 29.5 Å². The van der Waals surface area contributed by atoms with Gasteiger partial charge in [0.25, 0.3) is 23.6 Å². The normalized spacial score (nSPS) is 15.5. The monoisotopic (exact) mass is 1680 g/mol. The summed E-state index contributed by atoms with van der Waals surface area (Å²) in [6, 6.07) is 34.5. The molecule has 9 aromatic carbocycles. The van der Waals surface area contributed by atoms with E-state index in [4.69, 9.17) is 55.0 Å². The standard InChI is InChI=1S/C98H108N4O18Si2/c1-53(2)65-29-33-73(57(9)41-65)115-77-47-69-83-70(94(104)101(93(69)103)91(63-25-21-19-22-26-63)97(107)119-81-45-61(37-39-99-81)51-121(109-13,110-14)111-15)49-79(117-75-35-31-67(55(5)6)43-59(75)11)87-88-80(118-76-36-32-68(56(7)8)44-60(76)12)50-72-84-71(48-78(86(90(84)88)85(77)89(83)87)116-74-34-30-66(54(3)4)42-58(74)10)95(105)102(96(72)106)92(64-27-23-20-24-28-64)98(108)120-82-46-62(38-40-100-82)52-122(112-16,113-17)114-18/h29-50,53-56,63-64,91-92H,19-28,51-52H2,1-18H3. The van der Waals surface area contributed by atoms with E-state index in [0.717, 1.165) is 67.1 Å². The zero-order chi connectivity index (χ0) is 86.7. The molecule has 0 spiro atoms. The summed E-state index contributed by atoms with van der Waals surface area (Å²) in [5.74, 6) is -3.80. The minimum absolute atomic E-state index is 0.00137. The van der Waals surface area contributed by atoms with Crippen LogP contribution in [0, 0.1) is 39.5 Å². The molecule has 2 aromatic heterocycles. The van der Waals surface area contributed by atoms with E-state index in [9.17, 15) is 0 Å². The van der Waals surface area contributed by atoms with Crippen molar-refractivity contribution in [2.75, 3.05) is 42.7 Å². The second kappa shape index (κ2) is 35.2. The average Bonchev–Trinajstić information content (AvgIpc) is 0.668. The summed E-state index contributed by atoms with van der Waals surface area (Å²) in [7, 11) is 2.59. The molecule has 2 fully saturated rings. The van der Waals surface area contributed by atoms with E-state index < -0.39 is 77.1 Å². The summed E-state index contributed by atoms with van der Waals surface area (Å²) in [6.45, 7) is 24.7. The van der Waals surface area contributed by atoms with Crippen LogP contribution in [0.3, 0.4) is 0 Å². The van der Waals surface area contributed by atoms with E-state index in [0.29, 0.717) is 107 Å². The van der Waals surface area contributed by atoms with Gasteiger partial charge in [-0.25, -0.2) is 19.6 Å². The van der Waals surface area contributed by atoms with Crippen molar-refractivity contribution in [1.29, 1.82) is 0 Å². The topological polar surface area (TPSA) is 245 Å². The number of hydrogen-bond acceptors (Lipinski definition) is 20. The highest BCUT2D eigenvalue weighted by Crippen LogP contribution is 2.59. The van der Waals surface area contributed by atoms with Gasteiger partial charge in [-0.3, -0.25) is 29.0 Å². The van der Waals surface area contributed by atoms with Gasteiger partial charge in [-0.15, -0.1) is 0 Å². The molecular formula is C98H108N4O18Si2. The Balaban J connectivity index is 1.06. The van der Waals surface area contributed by atoms with Crippen molar-refractivity contribution in [3.05, 3.63) is 212 Å². The molecule has 0 saturated heterocycles. The smallest absolute Gasteiger partial charge is 0.456 e. The molecular weight excluding hydrogens is 1580 g/mol. The molecule has 4 heterocycles. The molecule has 0 bridgehead atoms. The molecule has 2 aliphatic heterocycles. The van der Waals surface area contributed by atoms with Crippen LogP contribution >= 0.6 is 0 Å². The molecule has 122 heavy (non-hydrogen) atoms. The van der Waals surface area contributed by atoms with Crippen molar-refractivity contribution >= 4 is 96.3 Å². The summed E-state index contributed by atoms with van der Waals surface area (Å²) in [5.41, 5.74) is 8.41. The maximum absolute atomic E-state index is 17.1. The number of imide groups is 2. The van der Waals surface area contributed by atoms with E-state index in [1.807, 2.05) is 76.2 Å². The Morgan fingerprint density at radius 2 is 0.607 bits per heavy atom. The lowest BCUT2D eigenvalue weighted by Crippen LogP contribution is -2.55. The lowest BCUT2D eigenvalue weighted by atomic mass is 9.78. The van der Waals surface area contributed by atoms with Crippen LogP contribution in [0.4, 0.5) is 0 Å². The first kappa shape index (κ1) is 86.1. The Labute approximate surface area is 714 Å². The predicted molar refractivity (Wildman–Crippen MR) is 471 cm³/mol. The summed E-state index contributed by atoms with van der Waals surface area (Å²) < 4.78 is 78.0. The molecule has 2 aliphatic carbocycles. The third kappa shape index (κ3) is 16.2. The summed E-state index contributed by atoms with van der Waals surface area (Å²) in [6.07, 6.45) is 9.49. The summed E-state index contributed by atoms with van der Waals surface area (Å²) in [5, 5.41) is 2.12. The van der Waals surface area contributed by atoms with Gasteiger partial charge in [-0.2, -0.15) is 0 Å². The Kier molecular flexibility index (Phi) is 24.9. The maximum atomic E-state index is 17.1. The number of esters is 2. The van der Waals surface area contributed by atoms with Crippen LogP contribution in [0.5, 0.6) is 57.8 Å². The van der Waals surface area contributed by atoms with Gasteiger partial charge in [-0.05, 0) is 205 Å². The Hall–Kier alpha value is -10.8. The number of benzene rings is 9. The first-order valence-electron chi connectivity index (χ1n) is 42.4.